The Labute approximate surface area is 115 Å². The molecule has 2 aromatic rings. The molecule has 17 heavy (non-hydrogen) atoms. The molecule has 0 radical (unpaired) electrons. The first-order chi connectivity index (χ1) is 8.20. The van der Waals surface area contributed by atoms with Crippen molar-refractivity contribution in [2.45, 2.75) is 0 Å². The van der Waals surface area contributed by atoms with Gasteiger partial charge in [0.2, 0.25) is 0 Å². The summed E-state index contributed by atoms with van der Waals surface area (Å²) in [5.41, 5.74) is 13.9. The minimum Gasteiger partial charge on any atom is -0.361 e. The second-order valence-corrected chi connectivity index (χ2v) is 5.66. The summed E-state index contributed by atoms with van der Waals surface area (Å²) < 4.78 is 1.95. The Balaban J connectivity index is 2.41. The van der Waals surface area contributed by atoms with Gasteiger partial charge in [-0.25, -0.2) is 0 Å². The summed E-state index contributed by atoms with van der Waals surface area (Å²) in [4.78, 5) is 3.43. The number of hydrogen-bond acceptors (Lipinski definition) is 0. The van der Waals surface area contributed by atoms with Gasteiger partial charge in [0.25, 0.3) is 0 Å². The minimum atomic E-state index is 0.623. The van der Waals surface area contributed by atoms with Gasteiger partial charge >= 0.3 is 5.71 Å². The van der Waals surface area contributed by atoms with Crippen LogP contribution in [0, 0.1) is 0 Å². The smallest absolute Gasteiger partial charge is 0.330 e. The maximum Gasteiger partial charge on any atom is 0.330 e. The molecule has 0 spiro atoms. The summed E-state index contributed by atoms with van der Waals surface area (Å²) in [5.74, 6) is 0. The molecule has 2 aromatic carbocycles. The minimum absolute atomic E-state index is 0.623. The van der Waals surface area contributed by atoms with Gasteiger partial charge < -0.3 is 5.53 Å². The Morgan fingerprint density at radius 1 is 0.765 bits per heavy atom. The molecule has 0 aliphatic heterocycles. The van der Waals surface area contributed by atoms with E-state index >= 15 is 0 Å². The van der Waals surface area contributed by atoms with E-state index in [0.717, 1.165) is 31.2 Å². The van der Waals surface area contributed by atoms with Gasteiger partial charge in [-0.2, -0.15) is 4.79 Å². The number of fused-ring (bicyclic) bond motifs is 3. The molecule has 0 N–H and O–H groups in total. The lowest BCUT2D eigenvalue weighted by Gasteiger charge is -1.98. The Morgan fingerprint density at radius 2 is 1.24 bits per heavy atom. The average Bonchev–Trinajstić information content (AvgIpc) is 2.60. The Bertz CT molecular complexity index is 632. The molecular formula is C13H6Br2N2. The quantitative estimate of drug-likeness (QED) is 0.429. The number of nitrogens with zero attached hydrogens (tertiary/aromatic N) is 2. The molecule has 0 amide bonds. The fraction of sp³-hybridized carbons (Fsp3) is 0. The maximum absolute atomic E-state index is 9.20. The third kappa shape index (κ3) is 1.61. The number of benzene rings is 2. The fourth-order valence-electron chi connectivity index (χ4n) is 2.15. The summed E-state index contributed by atoms with van der Waals surface area (Å²) >= 11 is 6.87. The van der Waals surface area contributed by atoms with Crippen LogP contribution in [0.4, 0.5) is 0 Å². The average molecular weight is 350 g/mol. The second kappa shape index (κ2) is 3.91. The largest absolute Gasteiger partial charge is 0.361 e. The molecule has 82 valence electrons. The first-order valence-electron chi connectivity index (χ1n) is 5.03. The van der Waals surface area contributed by atoms with E-state index in [2.05, 4.69) is 36.6 Å². The first kappa shape index (κ1) is 10.9. The molecule has 1 aliphatic rings. The molecule has 2 nitrogen and oxygen atoms in total. The Hall–Kier alpha value is -1.22. The molecule has 0 unspecified atom stereocenters. The number of rotatable bonds is 0. The molecule has 0 saturated carbocycles. The van der Waals surface area contributed by atoms with Crippen LogP contribution in [0.25, 0.3) is 16.7 Å². The van der Waals surface area contributed by atoms with Crippen molar-refractivity contribution in [1.29, 1.82) is 0 Å². The fourth-order valence-corrected chi connectivity index (χ4v) is 2.87. The van der Waals surface area contributed by atoms with Crippen LogP contribution in [-0.2, 0) is 0 Å². The Kier molecular flexibility index (Phi) is 2.51. The molecule has 4 heteroatoms. The summed E-state index contributed by atoms with van der Waals surface area (Å²) in [7, 11) is 0. The first-order valence-corrected chi connectivity index (χ1v) is 6.61. The van der Waals surface area contributed by atoms with Crippen molar-refractivity contribution >= 4 is 37.6 Å². The summed E-state index contributed by atoms with van der Waals surface area (Å²) in [5, 5.41) is 0. The third-order valence-electron chi connectivity index (χ3n) is 2.86. The lowest BCUT2D eigenvalue weighted by Crippen LogP contribution is -1.98. The van der Waals surface area contributed by atoms with Crippen LogP contribution >= 0.6 is 31.9 Å². The predicted octanol–water partition coefficient (Wildman–Crippen LogP) is 4.26. The van der Waals surface area contributed by atoms with E-state index in [4.69, 9.17) is 0 Å². The van der Waals surface area contributed by atoms with E-state index in [1.165, 1.54) is 0 Å². The Morgan fingerprint density at radius 3 is 1.65 bits per heavy atom. The summed E-state index contributed by atoms with van der Waals surface area (Å²) in [6, 6.07) is 12.0. The van der Waals surface area contributed by atoms with Crippen molar-refractivity contribution in [1.82, 2.24) is 0 Å². The van der Waals surface area contributed by atoms with Crippen molar-refractivity contribution in [3.63, 3.8) is 0 Å². The van der Waals surface area contributed by atoms with Gasteiger partial charge in [0.05, 0.1) is 11.1 Å². The normalized spacial score (nSPS) is 12.0. The van der Waals surface area contributed by atoms with Crippen molar-refractivity contribution in [2.75, 3.05) is 0 Å². The highest BCUT2D eigenvalue weighted by atomic mass is 79.9. The van der Waals surface area contributed by atoms with Crippen LogP contribution in [0.5, 0.6) is 0 Å². The van der Waals surface area contributed by atoms with E-state index < -0.39 is 0 Å². The molecule has 0 bridgehead atoms. The number of hydrogen-bond donors (Lipinski definition) is 0. The van der Waals surface area contributed by atoms with Crippen LogP contribution in [0.1, 0.15) is 11.1 Å². The zero-order valence-corrected chi connectivity index (χ0v) is 11.8. The van der Waals surface area contributed by atoms with Gasteiger partial charge in [-0.3, -0.25) is 0 Å². The van der Waals surface area contributed by atoms with E-state index in [1.54, 1.807) is 0 Å². The highest BCUT2D eigenvalue weighted by Crippen LogP contribution is 2.38. The van der Waals surface area contributed by atoms with Crippen LogP contribution in [-0.4, -0.2) is 10.5 Å². The van der Waals surface area contributed by atoms with E-state index in [0.29, 0.717) is 5.71 Å². The molecule has 0 fully saturated rings. The summed E-state index contributed by atoms with van der Waals surface area (Å²) in [6.07, 6.45) is 0. The second-order valence-electron chi connectivity index (χ2n) is 3.83. The van der Waals surface area contributed by atoms with E-state index in [9.17, 15) is 5.53 Å². The standard InChI is InChI=1S/C13H6Br2N2/c14-7-1-3-9-10-4-2-8(15)6-12(10)13(17-16)11(9)5-7/h1-6H. The molecule has 0 heterocycles. The lowest BCUT2D eigenvalue weighted by molar-refractivity contribution is -0.00243. The van der Waals surface area contributed by atoms with E-state index in [1.807, 2.05) is 36.4 Å². The monoisotopic (exact) mass is 348 g/mol. The van der Waals surface area contributed by atoms with Gasteiger partial charge in [-0.15, -0.1) is 0 Å². The van der Waals surface area contributed by atoms with E-state index in [-0.39, 0.29) is 0 Å². The zero-order valence-electron chi connectivity index (χ0n) is 8.61. The van der Waals surface area contributed by atoms with Crippen LogP contribution in [0.3, 0.4) is 0 Å². The summed E-state index contributed by atoms with van der Waals surface area (Å²) in [6.45, 7) is 0. The highest BCUT2D eigenvalue weighted by molar-refractivity contribution is 9.10. The van der Waals surface area contributed by atoms with Crippen LogP contribution in [0.2, 0.25) is 0 Å². The molecular weight excluding hydrogens is 344 g/mol. The van der Waals surface area contributed by atoms with Gasteiger partial charge in [0.15, 0.2) is 0 Å². The van der Waals surface area contributed by atoms with Gasteiger partial charge in [-0.1, -0.05) is 44.0 Å². The number of halogens is 2. The molecule has 3 rings (SSSR count). The predicted molar refractivity (Wildman–Crippen MR) is 74.1 cm³/mol. The van der Waals surface area contributed by atoms with Crippen molar-refractivity contribution < 1.29 is 4.79 Å². The lowest BCUT2D eigenvalue weighted by atomic mass is 10.1. The highest BCUT2D eigenvalue weighted by Gasteiger charge is 2.31. The molecule has 1 aliphatic carbocycles. The van der Waals surface area contributed by atoms with Crippen molar-refractivity contribution in [3.05, 3.63) is 62.0 Å². The van der Waals surface area contributed by atoms with Crippen molar-refractivity contribution in [3.8, 4) is 11.1 Å². The van der Waals surface area contributed by atoms with Gasteiger partial charge in [-0.05, 0) is 35.4 Å². The van der Waals surface area contributed by atoms with Crippen LogP contribution < -0.4 is 0 Å². The third-order valence-corrected chi connectivity index (χ3v) is 3.85. The maximum atomic E-state index is 9.20. The van der Waals surface area contributed by atoms with Gasteiger partial charge in [0, 0.05) is 8.95 Å². The zero-order chi connectivity index (χ0) is 12.0. The van der Waals surface area contributed by atoms with Gasteiger partial charge in [0.1, 0.15) is 0 Å². The molecule has 0 atom stereocenters. The molecule has 0 aromatic heterocycles. The van der Waals surface area contributed by atoms with Crippen LogP contribution in [0.15, 0.2) is 45.3 Å². The van der Waals surface area contributed by atoms with Crippen molar-refractivity contribution in [2.24, 2.45) is 0 Å². The topological polar surface area (TPSA) is 36.4 Å². The SMILES string of the molecule is [N-]=[N+]=C1c2cc(Br)ccc2-c2ccc(Br)cc21. The molecule has 0 saturated heterocycles.